The predicted octanol–water partition coefficient (Wildman–Crippen LogP) is 5.79. The summed E-state index contributed by atoms with van der Waals surface area (Å²) in [6, 6.07) is 11.7. The monoisotopic (exact) mass is 420 g/mol. The van der Waals surface area contributed by atoms with Gasteiger partial charge in [-0.25, -0.2) is 4.99 Å². The molecule has 1 aliphatic heterocycles. The third kappa shape index (κ3) is 3.99. The molecule has 1 aromatic carbocycles. The minimum Gasteiger partial charge on any atom is -0.266 e. The fraction of sp³-hybridized carbons (Fsp3) is 0.222. The summed E-state index contributed by atoms with van der Waals surface area (Å²) < 4.78 is 1.02. The number of aliphatic imine (C=N–C) groups is 1. The Morgan fingerprint density at radius 3 is 2.79 bits per heavy atom. The Morgan fingerprint density at radius 2 is 2.12 bits per heavy atom. The van der Waals surface area contributed by atoms with E-state index in [0.29, 0.717) is 5.70 Å². The quantitative estimate of drug-likeness (QED) is 0.452. The Bertz CT molecular complexity index is 783. The van der Waals surface area contributed by atoms with Crippen molar-refractivity contribution < 1.29 is 4.79 Å². The van der Waals surface area contributed by atoms with Gasteiger partial charge in [-0.3, -0.25) is 9.69 Å². The van der Waals surface area contributed by atoms with Crippen molar-refractivity contribution in [3.05, 3.63) is 56.8 Å². The molecule has 1 aliphatic rings. The summed E-state index contributed by atoms with van der Waals surface area (Å²) in [6.45, 7) is 2.16. The standard InChI is InChI=1S/C18H17BrN2OS2/c1-2-3-9-23-18-20-16(11-15-10-13(19)12-24-15)17(22)21(18)14-7-5-4-6-8-14/h4-8,10-12H,2-3,9H2,1H3/b16-11+. The zero-order valence-corrected chi connectivity index (χ0v) is 16.5. The summed E-state index contributed by atoms with van der Waals surface area (Å²) in [5, 5.41) is 2.77. The Labute approximate surface area is 158 Å². The first-order chi connectivity index (χ1) is 11.7. The molecule has 0 fully saturated rings. The number of thiophene rings is 1. The van der Waals surface area contributed by atoms with Crippen molar-refractivity contribution in [3.8, 4) is 0 Å². The molecular formula is C18H17BrN2OS2. The predicted molar refractivity (Wildman–Crippen MR) is 109 cm³/mol. The van der Waals surface area contributed by atoms with Gasteiger partial charge >= 0.3 is 0 Å². The summed E-state index contributed by atoms with van der Waals surface area (Å²) in [6.07, 6.45) is 4.10. The molecule has 0 unspecified atom stereocenters. The summed E-state index contributed by atoms with van der Waals surface area (Å²) in [5.74, 6) is 0.897. The van der Waals surface area contributed by atoms with Crippen LogP contribution in [0.3, 0.4) is 0 Å². The van der Waals surface area contributed by atoms with Crippen molar-refractivity contribution in [2.45, 2.75) is 19.8 Å². The maximum atomic E-state index is 12.9. The van der Waals surface area contributed by atoms with Crippen LogP contribution in [0.4, 0.5) is 5.69 Å². The zero-order valence-electron chi connectivity index (χ0n) is 13.2. The average molecular weight is 421 g/mol. The molecule has 0 saturated heterocycles. The molecule has 6 heteroatoms. The summed E-state index contributed by atoms with van der Waals surface area (Å²) in [4.78, 5) is 20.2. The van der Waals surface area contributed by atoms with Gasteiger partial charge in [0, 0.05) is 20.5 Å². The highest BCUT2D eigenvalue weighted by molar-refractivity contribution is 9.10. The smallest absolute Gasteiger partial charge is 0.266 e. The van der Waals surface area contributed by atoms with Crippen molar-refractivity contribution in [3.63, 3.8) is 0 Å². The highest BCUT2D eigenvalue weighted by Crippen LogP contribution is 2.31. The number of anilines is 1. The molecule has 24 heavy (non-hydrogen) atoms. The Balaban J connectivity index is 1.91. The van der Waals surface area contributed by atoms with E-state index in [1.54, 1.807) is 28.0 Å². The first-order valence-electron chi connectivity index (χ1n) is 7.75. The van der Waals surface area contributed by atoms with Gasteiger partial charge in [-0.05, 0) is 46.6 Å². The molecule has 1 aromatic heterocycles. The molecule has 3 nitrogen and oxygen atoms in total. The van der Waals surface area contributed by atoms with Crippen LogP contribution in [0.5, 0.6) is 0 Å². The second-order valence-electron chi connectivity index (χ2n) is 5.27. The third-order valence-corrected chi connectivity index (χ3v) is 6.11. The molecule has 124 valence electrons. The van der Waals surface area contributed by atoms with Crippen molar-refractivity contribution in [2.24, 2.45) is 4.99 Å². The van der Waals surface area contributed by atoms with Crippen LogP contribution in [-0.4, -0.2) is 16.8 Å². The van der Waals surface area contributed by atoms with Gasteiger partial charge in [0.1, 0.15) is 5.70 Å². The molecule has 0 bridgehead atoms. The summed E-state index contributed by atoms with van der Waals surface area (Å²) >= 11 is 6.68. The van der Waals surface area contributed by atoms with Crippen molar-refractivity contribution in [1.82, 2.24) is 0 Å². The van der Waals surface area contributed by atoms with E-state index in [4.69, 9.17) is 0 Å². The lowest BCUT2D eigenvalue weighted by Crippen LogP contribution is -2.30. The molecule has 0 spiro atoms. The van der Waals surface area contributed by atoms with Crippen LogP contribution >= 0.6 is 39.0 Å². The van der Waals surface area contributed by atoms with Gasteiger partial charge in [0.25, 0.3) is 5.91 Å². The van der Waals surface area contributed by atoms with Crippen LogP contribution in [-0.2, 0) is 4.79 Å². The molecule has 0 aliphatic carbocycles. The lowest BCUT2D eigenvalue weighted by Gasteiger charge is -2.17. The highest BCUT2D eigenvalue weighted by Gasteiger charge is 2.31. The number of para-hydroxylation sites is 1. The summed E-state index contributed by atoms with van der Waals surface area (Å²) in [5.41, 5.74) is 1.35. The summed E-state index contributed by atoms with van der Waals surface area (Å²) in [7, 11) is 0. The van der Waals surface area contributed by atoms with Gasteiger partial charge in [0.15, 0.2) is 5.17 Å². The van der Waals surface area contributed by atoms with Crippen LogP contribution < -0.4 is 4.90 Å². The topological polar surface area (TPSA) is 32.7 Å². The number of carbonyl (C=O) groups excluding carboxylic acids is 1. The first kappa shape index (κ1) is 17.5. The largest absolute Gasteiger partial charge is 0.283 e. The van der Waals surface area contributed by atoms with Gasteiger partial charge in [-0.1, -0.05) is 43.3 Å². The molecule has 3 rings (SSSR count). The highest BCUT2D eigenvalue weighted by atomic mass is 79.9. The van der Waals surface area contributed by atoms with Gasteiger partial charge in [0.05, 0.1) is 5.69 Å². The van der Waals surface area contributed by atoms with E-state index in [0.717, 1.165) is 38.8 Å². The molecule has 1 amide bonds. The molecule has 0 saturated carbocycles. The van der Waals surface area contributed by atoms with E-state index in [1.807, 2.05) is 47.9 Å². The van der Waals surface area contributed by atoms with E-state index in [-0.39, 0.29) is 5.91 Å². The molecule has 2 aromatic rings. The van der Waals surface area contributed by atoms with Crippen LogP contribution in [0.1, 0.15) is 24.6 Å². The van der Waals surface area contributed by atoms with Crippen LogP contribution in [0, 0.1) is 0 Å². The number of hydrogen-bond acceptors (Lipinski definition) is 4. The number of unbranched alkanes of at least 4 members (excludes halogenated alkanes) is 1. The van der Waals surface area contributed by atoms with Crippen LogP contribution in [0.25, 0.3) is 6.08 Å². The van der Waals surface area contributed by atoms with Crippen molar-refractivity contribution >= 4 is 61.9 Å². The zero-order chi connectivity index (χ0) is 16.9. The van der Waals surface area contributed by atoms with Crippen LogP contribution in [0.15, 0.2) is 56.9 Å². The number of halogens is 1. The Kier molecular flexibility index (Phi) is 5.92. The lowest BCUT2D eigenvalue weighted by molar-refractivity contribution is -0.113. The third-order valence-electron chi connectivity index (χ3n) is 3.44. The first-order valence-corrected chi connectivity index (χ1v) is 10.4. The second kappa shape index (κ2) is 8.14. The van der Waals surface area contributed by atoms with E-state index >= 15 is 0 Å². The van der Waals surface area contributed by atoms with Crippen molar-refractivity contribution in [2.75, 3.05) is 10.7 Å². The fourth-order valence-corrected chi connectivity index (χ4v) is 4.71. The number of carbonyl (C=O) groups is 1. The van der Waals surface area contributed by atoms with Gasteiger partial charge < -0.3 is 0 Å². The molecule has 0 atom stereocenters. The molecular weight excluding hydrogens is 404 g/mol. The molecule has 2 heterocycles. The maximum Gasteiger partial charge on any atom is 0.283 e. The van der Waals surface area contributed by atoms with Gasteiger partial charge in [-0.2, -0.15) is 0 Å². The minimum absolute atomic E-state index is 0.0651. The number of benzene rings is 1. The SMILES string of the molecule is CCCCSC1=N/C(=C/c2cc(Br)cs2)C(=O)N1c1ccccc1. The van der Waals surface area contributed by atoms with Crippen molar-refractivity contribution in [1.29, 1.82) is 0 Å². The van der Waals surface area contributed by atoms with E-state index < -0.39 is 0 Å². The lowest BCUT2D eigenvalue weighted by atomic mass is 10.3. The van der Waals surface area contributed by atoms with E-state index in [2.05, 4.69) is 27.8 Å². The minimum atomic E-state index is -0.0651. The number of amidine groups is 1. The number of nitrogens with zero attached hydrogens (tertiary/aromatic N) is 2. The number of hydrogen-bond donors (Lipinski definition) is 0. The van der Waals surface area contributed by atoms with Gasteiger partial charge in [-0.15, -0.1) is 11.3 Å². The Hall–Kier alpha value is -1.37. The normalized spacial score (nSPS) is 16.1. The number of rotatable bonds is 5. The van der Waals surface area contributed by atoms with E-state index in [9.17, 15) is 4.79 Å². The fourth-order valence-electron chi connectivity index (χ4n) is 2.24. The molecule has 0 N–H and O–H groups in total. The maximum absolute atomic E-state index is 12.9. The van der Waals surface area contributed by atoms with Gasteiger partial charge in [0.2, 0.25) is 0 Å². The van der Waals surface area contributed by atoms with Crippen LogP contribution in [0.2, 0.25) is 0 Å². The van der Waals surface area contributed by atoms with E-state index in [1.165, 1.54) is 0 Å². The Morgan fingerprint density at radius 1 is 1.33 bits per heavy atom. The molecule has 0 radical (unpaired) electrons. The number of amides is 1. The second-order valence-corrected chi connectivity index (χ2v) is 8.19. The average Bonchev–Trinajstić information content (AvgIpc) is 3.13. The number of thioether (sulfide) groups is 1.